The van der Waals surface area contributed by atoms with Gasteiger partial charge >= 0.3 is 0 Å². The van der Waals surface area contributed by atoms with E-state index in [0.717, 1.165) is 38.4 Å². The summed E-state index contributed by atoms with van der Waals surface area (Å²) in [6.07, 6.45) is 1.01. The fourth-order valence-electron chi connectivity index (χ4n) is 3.60. The Kier molecular flexibility index (Phi) is 5.61. The molecule has 2 saturated heterocycles. The van der Waals surface area contributed by atoms with Crippen LogP contribution in [0.2, 0.25) is 0 Å². The molecule has 0 N–H and O–H groups in total. The number of ether oxygens (including phenoxy) is 3. The van der Waals surface area contributed by atoms with Crippen molar-refractivity contribution in [2.24, 2.45) is 5.92 Å². The van der Waals surface area contributed by atoms with Gasteiger partial charge in [-0.3, -0.25) is 9.69 Å². The molecule has 1 aromatic rings. The molecule has 0 aromatic heterocycles. The van der Waals surface area contributed by atoms with Crippen LogP contribution in [-0.4, -0.2) is 75.4 Å². The summed E-state index contributed by atoms with van der Waals surface area (Å²) in [5.74, 6) is 1.25. The van der Waals surface area contributed by atoms with Gasteiger partial charge in [-0.25, -0.2) is 0 Å². The van der Waals surface area contributed by atoms with E-state index < -0.39 is 0 Å². The number of carbonyl (C=O) groups is 1. The van der Waals surface area contributed by atoms with Gasteiger partial charge in [0.25, 0.3) is 0 Å². The van der Waals surface area contributed by atoms with E-state index in [2.05, 4.69) is 17.0 Å². The zero-order chi connectivity index (χ0) is 17.9. The third kappa shape index (κ3) is 4.14. The molecule has 0 bridgehead atoms. The zero-order valence-corrected chi connectivity index (χ0v) is 15.4. The largest absolute Gasteiger partial charge is 0.497 e. The lowest BCUT2D eigenvalue weighted by atomic mass is 9.81. The highest BCUT2D eigenvalue weighted by atomic mass is 16.5. The summed E-state index contributed by atoms with van der Waals surface area (Å²) in [7, 11) is 5.17. The average molecular weight is 348 g/mol. The van der Waals surface area contributed by atoms with Crippen LogP contribution in [0.15, 0.2) is 24.3 Å². The normalized spacial score (nSPS) is 22.0. The predicted molar refractivity (Wildman–Crippen MR) is 94.6 cm³/mol. The van der Waals surface area contributed by atoms with Gasteiger partial charge in [0.05, 0.1) is 19.3 Å². The smallest absolute Gasteiger partial charge is 0.248 e. The number of carbonyl (C=O) groups excluding carboxylic acids is 1. The van der Waals surface area contributed by atoms with Gasteiger partial charge in [0, 0.05) is 46.3 Å². The SMILES string of the molecule is COc1ccc(CN2CC3(C2)OCC[C@@H]3COCC(=O)N(C)C)cc1. The molecule has 6 nitrogen and oxygen atoms in total. The highest BCUT2D eigenvalue weighted by Gasteiger charge is 2.52. The van der Waals surface area contributed by atoms with Gasteiger partial charge in [-0.05, 0) is 24.1 Å². The lowest BCUT2D eigenvalue weighted by molar-refractivity contribution is -0.150. The van der Waals surface area contributed by atoms with Crippen molar-refractivity contribution < 1.29 is 19.0 Å². The molecule has 2 aliphatic rings. The van der Waals surface area contributed by atoms with Crippen molar-refractivity contribution in [3.8, 4) is 5.75 Å². The first-order valence-corrected chi connectivity index (χ1v) is 8.79. The molecule has 1 atom stereocenters. The summed E-state index contributed by atoms with van der Waals surface area (Å²) in [6.45, 7) is 4.29. The minimum absolute atomic E-state index is 0.00251. The fraction of sp³-hybridized carbons (Fsp3) is 0.632. The molecule has 2 fully saturated rings. The number of rotatable bonds is 7. The van der Waals surface area contributed by atoms with E-state index in [1.165, 1.54) is 5.56 Å². The second-order valence-corrected chi connectivity index (χ2v) is 7.20. The van der Waals surface area contributed by atoms with E-state index in [4.69, 9.17) is 14.2 Å². The standard InChI is InChI=1S/C19H28N2O4/c1-20(2)18(22)12-24-11-16-8-9-25-19(16)13-21(14-19)10-15-4-6-17(23-3)7-5-15/h4-7,16H,8-14H2,1-3H3/t16-/m1/s1. The molecule has 0 unspecified atom stereocenters. The van der Waals surface area contributed by atoms with E-state index >= 15 is 0 Å². The summed E-state index contributed by atoms with van der Waals surface area (Å²) in [5.41, 5.74) is 1.19. The van der Waals surface area contributed by atoms with Crippen LogP contribution in [0.1, 0.15) is 12.0 Å². The van der Waals surface area contributed by atoms with Gasteiger partial charge in [0.1, 0.15) is 12.4 Å². The zero-order valence-electron chi connectivity index (χ0n) is 15.4. The topological polar surface area (TPSA) is 51.2 Å². The highest BCUT2D eigenvalue weighted by molar-refractivity contribution is 5.76. The molecular weight excluding hydrogens is 320 g/mol. The molecule has 1 amide bonds. The minimum Gasteiger partial charge on any atom is -0.497 e. The quantitative estimate of drug-likeness (QED) is 0.745. The lowest BCUT2D eigenvalue weighted by Gasteiger charge is -2.50. The van der Waals surface area contributed by atoms with Gasteiger partial charge in [-0.1, -0.05) is 12.1 Å². The number of amides is 1. The van der Waals surface area contributed by atoms with E-state index in [-0.39, 0.29) is 18.1 Å². The third-order valence-electron chi connectivity index (χ3n) is 5.19. The van der Waals surface area contributed by atoms with Crippen molar-refractivity contribution in [3.63, 3.8) is 0 Å². The first kappa shape index (κ1) is 18.2. The van der Waals surface area contributed by atoms with Crippen molar-refractivity contribution >= 4 is 5.91 Å². The van der Waals surface area contributed by atoms with E-state index in [9.17, 15) is 4.79 Å². The molecule has 3 rings (SSSR count). The molecular formula is C19H28N2O4. The van der Waals surface area contributed by atoms with Gasteiger partial charge in [0.15, 0.2) is 0 Å². The van der Waals surface area contributed by atoms with Crippen LogP contribution >= 0.6 is 0 Å². The molecule has 1 aromatic carbocycles. The Hall–Kier alpha value is -1.63. The second kappa shape index (κ2) is 7.72. The van der Waals surface area contributed by atoms with Crippen molar-refractivity contribution in [2.75, 3.05) is 54.1 Å². The first-order chi connectivity index (χ1) is 12.0. The molecule has 2 heterocycles. The molecule has 138 valence electrons. The van der Waals surface area contributed by atoms with E-state index in [1.807, 2.05) is 12.1 Å². The monoisotopic (exact) mass is 348 g/mol. The Labute approximate surface area is 149 Å². The maximum Gasteiger partial charge on any atom is 0.248 e. The number of likely N-dealkylation sites (tertiary alicyclic amines) is 1. The molecule has 0 aliphatic carbocycles. The molecule has 0 saturated carbocycles. The van der Waals surface area contributed by atoms with Crippen LogP contribution in [0.5, 0.6) is 5.75 Å². The Morgan fingerprint density at radius 2 is 2.04 bits per heavy atom. The predicted octanol–water partition coefficient (Wildman–Crippen LogP) is 1.39. The number of hydrogen-bond acceptors (Lipinski definition) is 5. The van der Waals surface area contributed by atoms with Crippen molar-refractivity contribution in [1.29, 1.82) is 0 Å². The summed E-state index contributed by atoms with van der Waals surface area (Å²) in [5, 5.41) is 0. The van der Waals surface area contributed by atoms with Crippen LogP contribution in [0.25, 0.3) is 0 Å². The van der Waals surface area contributed by atoms with Crippen LogP contribution in [0, 0.1) is 5.92 Å². The van der Waals surface area contributed by atoms with Crippen molar-refractivity contribution in [1.82, 2.24) is 9.80 Å². The Morgan fingerprint density at radius 3 is 2.68 bits per heavy atom. The molecule has 25 heavy (non-hydrogen) atoms. The third-order valence-corrected chi connectivity index (χ3v) is 5.19. The maximum absolute atomic E-state index is 11.6. The summed E-state index contributed by atoms with van der Waals surface area (Å²) in [6, 6.07) is 8.20. The van der Waals surface area contributed by atoms with Crippen LogP contribution in [-0.2, 0) is 20.8 Å². The summed E-state index contributed by atoms with van der Waals surface area (Å²) < 4.78 is 16.9. The van der Waals surface area contributed by atoms with Crippen LogP contribution in [0.3, 0.4) is 0 Å². The average Bonchev–Trinajstić information content (AvgIpc) is 2.99. The lowest BCUT2D eigenvalue weighted by Crippen LogP contribution is -2.64. The molecule has 6 heteroatoms. The van der Waals surface area contributed by atoms with Gasteiger partial charge in [0.2, 0.25) is 5.91 Å². The van der Waals surface area contributed by atoms with Crippen molar-refractivity contribution in [2.45, 2.75) is 18.6 Å². The summed E-state index contributed by atoms with van der Waals surface area (Å²) in [4.78, 5) is 15.6. The van der Waals surface area contributed by atoms with Gasteiger partial charge in [-0.15, -0.1) is 0 Å². The summed E-state index contributed by atoms with van der Waals surface area (Å²) >= 11 is 0. The van der Waals surface area contributed by atoms with Crippen LogP contribution < -0.4 is 4.74 Å². The Balaban J connectivity index is 1.46. The minimum atomic E-state index is -0.0896. The molecule has 1 spiro atoms. The number of nitrogens with zero attached hydrogens (tertiary/aromatic N) is 2. The molecule has 2 aliphatic heterocycles. The fourth-order valence-corrected chi connectivity index (χ4v) is 3.60. The number of hydrogen-bond donors (Lipinski definition) is 0. The number of methoxy groups -OCH3 is 1. The number of benzene rings is 1. The number of likely N-dealkylation sites (N-methyl/N-ethyl adjacent to an activating group) is 1. The Morgan fingerprint density at radius 1 is 1.32 bits per heavy atom. The van der Waals surface area contributed by atoms with Crippen LogP contribution in [0.4, 0.5) is 0 Å². The highest BCUT2D eigenvalue weighted by Crippen LogP contribution is 2.40. The van der Waals surface area contributed by atoms with E-state index in [0.29, 0.717) is 12.5 Å². The molecule has 0 radical (unpaired) electrons. The second-order valence-electron chi connectivity index (χ2n) is 7.20. The van der Waals surface area contributed by atoms with Gasteiger partial charge < -0.3 is 19.1 Å². The Bertz CT molecular complexity index is 582. The van der Waals surface area contributed by atoms with Gasteiger partial charge in [-0.2, -0.15) is 0 Å². The van der Waals surface area contributed by atoms with Crippen molar-refractivity contribution in [3.05, 3.63) is 29.8 Å². The first-order valence-electron chi connectivity index (χ1n) is 8.79. The van der Waals surface area contributed by atoms with E-state index in [1.54, 1.807) is 26.1 Å². The maximum atomic E-state index is 11.6.